The predicted octanol–water partition coefficient (Wildman–Crippen LogP) is 4.34. The van der Waals surface area contributed by atoms with Gasteiger partial charge in [0.15, 0.2) is 11.5 Å². The molecule has 1 aromatic heterocycles. The van der Waals surface area contributed by atoms with Crippen LogP contribution in [0.2, 0.25) is 10.0 Å². The van der Waals surface area contributed by atoms with Gasteiger partial charge in [-0.3, -0.25) is 0 Å². The van der Waals surface area contributed by atoms with Crippen molar-refractivity contribution in [1.29, 1.82) is 5.26 Å². The second-order valence-corrected chi connectivity index (χ2v) is 6.19. The Kier molecular flexibility index (Phi) is 4.80. The normalized spacial score (nSPS) is 14.5. The van der Waals surface area contributed by atoms with E-state index in [4.69, 9.17) is 28.5 Å². The fourth-order valence-electron chi connectivity index (χ4n) is 2.57. The summed E-state index contributed by atoms with van der Waals surface area (Å²) in [5.74, 6) is 0.809. The Bertz CT molecular complexity index is 768. The first-order chi connectivity index (χ1) is 11.2. The van der Waals surface area contributed by atoms with Crippen molar-refractivity contribution in [2.45, 2.75) is 12.8 Å². The number of rotatable bonds is 2. The van der Waals surface area contributed by atoms with Crippen LogP contribution in [0.1, 0.15) is 24.1 Å². The van der Waals surface area contributed by atoms with Crippen molar-refractivity contribution < 1.29 is 0 Å². The number of anilines is 1. The molecule has 2 aromatic rings. The van der Waals surface area contributed by atoms with E-state index >= 15 is 0 Å². The minimum atomic E-state index is 0.335. The molecular formula is C17H14Cl2N4. The molecule has 0 unspecified atom stereocenters. The molecule has 0 N–H and O–H groups in total. The van der Waals surface area contributed by atoms with Gasteiger partial charge in [0, 0.05) is 23.1 Å². The zero-order chi connectivity index (χ0) is 16.2. The van der Waals surface area contributed by atoms with Gasteiger partial charge in [0.2, 0.25) is 0 Å². The van der Waals surface area contributed by atoms with E-state index in [2.05, 4.69) is 21.2 Å². The monoisotopic (exact) mass is 344 g/mol. The lowest BCUT2D eigenvalue weighted by atomic mass is 10.0. The van der Waals surface area contributed by atoms with Crippen LogP contribution in [0.5, 0.6) is 0 Å². The highest BCUT2D eigenvalue weighted by molar-refractivity contribution is 6.34. The van der Waals surface area contributed by atoms with Gasteiger partial charge in [-0.2, -0.15) is 5.26 Å². The summed E-state index contributed by atoms with van der Waals surface area (Å²) in [6.45, 7) is 1.73. The zero-order valence-electron chi connectivity index (χ0n) is 12.3. The molecule has 1 aliphatic rings. The summed E-state index contributed by atoms with van der Waals surface area (Å²) in [4.78, 5) is 2.17. The Hall–Kier alpha value is -2.09. The molecule has 0 spiro atoms. The van der Waals surface area contributed by atoms with E-state index in [-0.39, 0.29) is 0 Å². The maximum Gasteiger partial charge on any atom is 0.163 e. The van der Waals surface area contributed by atoms with E-state index in [9.17, 15) is 0 Å². The fourth-order valence-corrected chi connectivity index (χ4v) is 2.92. The molecule has 0 atom stereocenters. The van der Waals surface area contributed by atoms with Crippen LogP contribution in [-0.2, 0) is 0 Å². The molecule has 6 heteroatoms. The summed E-state index contributed by atoms with van der Waals surface area (Å²) >= 11 is 12.2. The SMILES string of the molecule is N#Cc1ccc(N2CCC(=Cc3cc(Cl)ccc3Cl)CC2)nn1. The van der Waals surface area contributed by atoms with Gasteiger partial charge in [0.1, 0.15) is 6.07 Å². The van der Waals surface area contributed by atoms with Crippen LogP contribution in [0.3, 0.4) is 0 Å². The van der Waals surface area contributed by atoms with Crippen molar-refractivity contribution in [3.05, 3.63) is 57.2 Å². The molecule has 4 nitrogen and oxygen atoms in total. The van der Waals surface area contributed by atoms with Gasteiger partial charge in [-0.05, 0) is 48.7 Å². The summed E-state index contributed by atoms with van der Waals surface area (Å²) in [6, 6.07) is 11.0. The number of hydrogen-bond donors (Lipinski definition) is 0. The summed E-state index contributed by atoms with van der Waals surface area (Å²) in [6.07, 6.45) is 3.99. The van der Waals surface area contributed by atoms with Crippen LogP contribution in [0.15, 0.2) is 35.9 Å². The Morgan fingerprint density at radius 1 is 1.09 bits per heavy atom. The van der Waals surface area contributed by atoms with E-state index in [0.29, 0.717) is 15.7 Å². The van der Waals surface area contributed by atoms with Crippen molar-refractivity contribution in [3.63, 3.8) is 0 Å². The van der Waals surface area contributed by atoms with Crippen LogP contribution < -0.4 is 4.90 Å². The van der Waals surface area contributed by atoms with Gasteiger partial charge >= 0.3 is 0 Å². The maximum absolute atomic E-state index is 8.76. The summed E-state index contributed by atoms with van der Waals surface area (Å²) in [5, 5.41) is 18.1. The molecule has 0 aliphatic carbocycles. The predicted molar refractivity (Wildman–Crippen MR) is 92.6 cm³/mol. The highest BCUT2D eigenvalue weighted by Gasteiger charge is 2.16. The van der Waals surface area contributed by atoms with Crippen molar-refractivity contribution in [2.24, 2.45) is 0 Å². The Balaban J connectivity index is 1.69. The first-order valence-corrected chi connectivity index (χ1v) is 8.04. The van der Waals surface area contributed by atoms with Gasteiger partial charge in [-0.25, -0.2) is 0 Å². The van der Waals surface area contributed by atoms with Gasteiger partial charge in [0.25, 0.3) is 0 Å². The third kappa shape index (κ3) is 3.82. The number of hydrogen-bond acceptors (Lipinski definition) is 4. The van der Waals surface area contributed by atoms with Gasteiger partial charge < -0.3 is 4.90 Å². The van der Waals surface area contributed by atoms with Crippen LogP contribution in [0.25, 0.3) is 6.08 Å². The molecule has 0 amide bonds. The van der Waals surface area contributed by atoms with Crippen LogP contribution >= 0.6 is 23.2 Å². The largest absolute Gasteiger partial charge is 0.354 e. The summed E-state index contributed by atoms with van der Waals surface area (Å²) < 4.78 is 0. The Morgan fingerprint density at radius 3 is 2.52 bits per heavy atom. The highest BCUT2D eigenvalue weighted by atomic mass is 35.5. The fraction of sp³-hybridized carbons (Fsp3) is 0.235. The number of piperidine rings is 1. The lowest BCUT2D eigenvalue weighted by Crippen LogP contribution is -2.31. The Morgan fingerprint density at radius 2 is 1.87 bits per heavy atom. The molecule has 2 heterocycles. The molecule has 116 valence electrons. The van der Waals surface area contributed by atoms with Crippen molar-refractivity contribution >= 4 is 35.1 Å². The van der Waals surface area contributed by atoms with E-state index in [1.807, 2.05) is 24.3 Å². The minimum absolute atomic E-state index is 0.335. The van der Waals surface area contributed by atoms with Crippen molar-refractivity contribution in [2.75, 3.05) is 18.0 Å². The lowest BCUT2D eigenvalue weighted by Gasteiger charge is -2.29. The molecule has 0 radical (unpaired) electrons. The average molecular weight is 345 g/mol. The van der Waals surface area contributed by atoms with E-state index in [1.54, 1.807) is 12.1 Å². The van der Waals surface area contributed by atoms with Crippen molar-refractivity contribution in [3.8, 4) is 6.07 Å². The minimum Gasteiger partial charge on any atom is -0.354 e. The third-order valence-corrected chi connectivity index (χ3v) is 4.39. The standard InChI is InChI=1S/C17H14Cl2N4/c18-14-1-3-16(19)13(10-14)9-12-5-7-23(8-6-12)17-4-2-15(11-20)21-22-17/h1-4,9-10H,5-8H2. The third-order valence-electron chi connectivity index (χ3n) is 3.81. The molecule has 1 aliphatic heterocycles. The van der Waals surface area contributed by atoms with Gasteiger partial charge in [-0.15, -0.1) is 10.2 Å². The summed E-state index contributed by atoms with van der Waals surface area (Å²) in [7, 11) is 0. The second-order valence-electron chi connectivity index (χ2n) is 5.34. The van der Waals surface area contributed by atoms with Crippen LogP contribution in [0, 0.1) is 11.3 Å². The van der Waals surface area contributed by atoms with Crippen LogP contribution in [0.4, 0.5) is 5.82 Å². The zero-order valence-corrected chi connectivity index (χ0v) is 13.8. The molecule has 3 rings (SSSR count). The second kappa shape index (κ2) is 6.99. The van der Waals surface area contributed by atoms with E-state index in [1.165, 1.54) is 5.57 Å². The first-order valence-electron chi connectivity index (χ1n) is 7.29. The molecule has 23 heavy (non-hydrogen) atoms. The highest BCUT2D eigenvalue weighted by Crippen LogP contribution is 2.27. The molecule has 0 bridgehead atoms. The number of benzene rings is 1. The lowest BCUT2D eigenvalue weighted by molar-refractivity contribution is 0.675. The Labute approximate surface area is 145 Å². The van der Waals surface area contributed by atoms with E-state index in [0.717, 1.165) is 37.3 Å². The number of nitrogens with zero attached hydrogens (tertiary/aromatic N) is 4. The van der Waals surface area contributed by atoms with Crippen molar-refractivity contribution in [1.82, 2.24) is 10.2 Å². The van der Waals surface area contributed by atoms with E-state index < -0.39 is 0 Å². The van der Waals surface area contributed by atoms with Gasteiger partial charge in [0.05, 0.1) is 0 Å². The molecule has 1 fully saturated rings. The van der Waals surface area contributed by atoms with Crippen LogP contribution in [-0.4, -0.2) is 23.3 Å². The number of nitriles is 1. The quantitative estimate of drug-likeness (QED) is 0.813. The first kappa shape index (κ1) is 15.8. The molecule has 0 saturated carbocycles. The molecule has 1 saturated heterocycles. The topological polar surface area (TPSA) is 52.8 Å². The summed E-state index contributed by atoms with van der Waals surface area (Å²) in [5.41, 5.74) is 2.63. The number of halogens is 2. The molecular weight excluding hydrogens is 331 g/mol. The average Bonchev–Trinajstić information content (AvgIpc) is 2.59. The number of aromatic nitrogens is 2. The smallest absolute Gasteiger partial charge is 0.163 e. The maximum atomic E-state index is 8.76. The van der Waals surface area contributed by atoms with Gasteiger partial charge in [-0.1, -0.05) is 34.9 Å². The molecule has 1 aromatic carbocycles.